The fourth-order valence-corrected chi connectivity index (χ4v) is 3.47. The molecule has 0 heterocycles. The highest BCUT2D eigenvalue weighted by Crippen LogP contribution is 2.33. The molecule has 1 N–H and O–H groups in total. The summed E-state index contributed by atoms with van der Waals surface area (Å²) in [7, 11) is 0. The molecule has 0 amide bonds. The second-order valence-corrected chi connectivity index (χ2v) is 6.57. The van der Waals surface area contributed by atoms with Gasteiger partial charge in [0.25, 0.3) is 0 Å². The zero-order valence-electron chi connectivity index (χ0n) is 13.6. The average Bonchev–Trinajstić information content (AvgIpc) is 2.38. The zero-order valence-corrected chi connectivity index (χ0v) is 13.6. The summed E-state index contributed by atoms with van der Waals surface area (Å²) in [6.07, 6.45) is 2.76. The maximum absolute atomic E-state index is 6.43. The number of aryl methyl sites for hydroxylation is 2. The van der Waals surface area contributed by atoms with Crippen LogP contribution in [-0.2, 0) is 0 Å². The monoisotopic (exact) mass is 275 g/mol. The molecule has 4 unspecified atom stereocenters. The Labute approximate surface area is 123 Å². The summed E-state index contributed by atoms with van der Waals surface area (Å²) in [6.45, 7) is 12.1. The molecule has 4 atom stereocenters. The Morgan fingerprint density at radius 2 is 1.95 bits per heavy atom. The maximum atomic E-state index is 6.43. The van der Waals surface area contributed by atoms with E-state index in [1.165, 1.54) is 24.0 Å². The van der Waals surface area contributed by atoms with Gasteiger partial charge < -0.3 is 10.1 Å². The fraction of sp³-hybridized carbons (Fsp3) is 0.667. The molecule has 20 heavy (non-hydrogen) atoms. The van der Waals surface area contributed by atoms with Gasteiger partial charge in [0.2, 0.25) is 0 Å². The van der Waals surface area contributed by atoms with Crippen LogP contribution >= 0.6 is 0 Å². The van der Waals surface area contributed by atoms with Crippen LogP contribution in [-0.4, -0.2) is 18.7 Å². The summed E-state index contributed by atoms with van der Waals surface area (Å²) in [5, 5.41) is 3.62. The predicted octanol–water partition coefficient (Wildman–Crippen LogP) is 4.09. The first-order valence-corrected chi connectivity index (χ1v) is 7.98. The molecule has 2 heteroatoms. The zero-order chi connectivity index (χ0) is 14.7. The van der Waals surface area contributed by atoms with Crippen molar-refractivity contribution in [1.82, 2.24) is 5.32 Å². The van der Waals surface area contributed by atoms with Crippen LogP contribution in [0.4, 0.5) is 0 Å². The summed E-state index contributed by atoms with van der Waals surface area (Å²) in [4.78, 5) is 0. The van der Waals surface area contributed by atoms with Crippen molar-refractivity contribution in [3.63, 3.8) is 0 Å². The van der Waals surface area contributed by atoms with Gasteiger partial charge in [-0.2, -0.15) is 0 Å². The van der Waals surface area contributed by atoms with Crippen molar-refractivity contribution < 1.29 is 4.74 Å². The third-order valence-electron chi connectivity index (χ3n) is 4.46. The van der Waals surface area contributed by atoms with E-state index in [9.17, 15) is 0 Å². The van der Waals surface area contributed by atoms with Crippen LogP contribution in [0.5, 0.6) is 5.75 Å². The molecule has 1 saturated carbocycles. The van der Waals surface area contributed by atoms with Gasteiger partial charge in [0.15, 0.2) is 0 Å². The molecule has 1 aliphatic carbocycles. The average molecular weight is 275 g/mol. The fourth-order valence-electron chi connectivity index (χ4n) is 3.47. The van der Waals surface area contributed by atoms with Gasteiger partial charge in [0, 0.05) is 6.04 Å². The number of ether oxygens (including phenoxy) is 1. The predicted molar refractivity (Wildman–Crippen MR) is 85.4 cm³/mol. The van der Waals surface area contributed by atoms with Gasteiger partial charge in [-0.25, -0.2) is 0 Å². The van der Waals surface area contributed by atoms with Crippen molar-refractivity contribution in [1.29, 1.82) is 0 Å². The quantitative estimate of drug-likeness (QED) is 0.893. The second-order valence-electron chi connectivity index (χ2n) is 6.57. The number of benzene rings is 1. The standard InChI is InChI=1S/C18H29NO/c1-6-19-16-10-13(3)9-15(5)18(16)20-17-11-12(2)7-8-14(17)4/h7-8,11,13,15-16,18-19H,6,9-10H2,1-5H3. The highest BCUT2D eigenvalue weighted by atomic mass is 16.5. The smallest absolute Gasteiger partial charge is 0.122 e. The van der Waals surface area contributed by atoms with Crippen LogP contribution < -0.4 is 10.1 Å². The van der Waals surface area contributed by atoms with Crippen molar-refractivity contribution in [3.05, 3.63) is 29.3 Å². The lowest BCUT2D eigenvalue weighted by molar-refractivity contribution is 0.0478. The van der Waals surface area contributed by atoms with E-state index in [0.717, 1.165) is 18.2 Å². The van der Waals surface area contributed by atoms with E-state index in [4.69, 9.17) is 4.74 Å². The van der Waals surface area contributed by atoms with Crippen LogP contribution in [0, 0.1) is 25.7 Å². The Balaban J connectivity index is 2.17. The van der Waals surface area contributed by atoms with Gasteiger partial charge in [-0.15, -0.1) is 0 Å². The molecule has 0 radical (unpaired) electrons. The summed E-state index contributed by atoms with van der Waals surface area (Å²) in [6, 6.07) is 6.95. The lowest BCUT2D eigenvalue weighted by Crippen LogP contribution is -2.50. The summed E-state index contributed by atoms with van der Waals surface area (Å²) in [5.41, 5.74) is 2.50. The Kier molecular flexibility index (Phi) is 5.09. The van der Waals surface area contributed by atoms with Crippen molar-refractivity contribution in [2.24, 2.45) is 11.8 Å². The van der Waals surface area contributed by atoms with E-state index >= 15 is 0 Å². The molecule has 2 nitrogen and oxygen atoms in total. The molecular weight excluding hydrogens is 246 g/mol. The van der Waals surface area contributed by atoms with Crippen LogP contribution in [0.1, 0.15) is 44.7 Å². The van der Waals surface area contributed by atoms with Gasteiger partial charge in [0.1, 0.15) is 11.9 Å². The van der Waals surface area contributed by atoms with Gasteiger partial charge in [-0.1, -0.05) is 32.9 Å². The Morgan fingerprint density at radius 1 is 1.20 bits per heavy atom. The molecule has 2 rings (SSSR count). The first-order chi connectivity index (χ1) is 9.51. The largest absolute Gasteiger partial charge is 0.488 e. The van der Waals surface area contributed by atoms with E-state index in [1.807, 2.05) is 0 Å². The Hall–Kier alpha value is -1.02. The summed E-state index contributed by atoms with van der Waals surface area (Å²) in [5.74, 6) is 2.44. The number of likely N-dealkylation sites (N-methyl/N-ethyl adjacent to an activating group) is 1. The third-order valence-corrected chi connectivity index (χ3v) is 4.46. The first-order valence-electron chi connectivity index (χ1n) is 7.98. The molecule has 1 aliphatic rings. The topological polar surface area (TPSA) is 21.3 Å². The highest BCUT2D eigenvalue weighted by Gasteiger charge is 2.35. The molecule has 0 bridgehead atoms. The number of nitrogens with one attached hydrogen (secondary N) is 1. The maximum Gasteiger partial charge on any atom is 0.122 e. The van der Waals surface area contributed by atoms with Crippen LogP contribution in [0.2, 0.25) is 0 Å². The van der Waals surface area contributed by atoms with E-state index in [2.05, 4.69) is 58.1 Å². The van der Waals surface area contributed by atoms with Crippen molar-refractivity contribution in [3.8, 4) is 5.75 Å². The number of hydrogen-bond donors (Lipinski definition) is 1. The molecule has 1 fully saturated rings. The molecule has 0 saturated heterocycles. The van der Waals surface area contributed by atoms with Crippen LogP contribution in [0.3, 0.4) is 0 Å². The molecule has 0 aromatic heterocycles. The summed E-state index contributed by atoms with van der Waals surface area (Å²) < 4.78 is 6.43. The molecule has 112 valence electrons. The van der Waals surface area contributed by atoms with E-state index in [1.54, 1.807) is 0 Å². The highest BCUT2D eigenvalue weighted by molar-refractivity contribution is 5.36. The SMILES string of the molecule is CCNC1CC(C)CC(C)C1Oc1cc(C)ccc1C. The second kappa shape index (κ2) is 6.62. The molecule has 1 aromatic carbocycles. The van der Waals surface area contributed by atoms with Crippen molar-refractivity contribution >= 4 is 0 Å². The minimum Gasteiger partial charge on any atom is -0.488 e. The Bertz CT molecular complexity index is 443. The lowest BCUT2D eigenvalue weighted by Gasteiger charge is -2.40. The van der Waals surface area contributed by atoms with Crippen molar-refractivity contribution in [2.45, 2.75) is 59.6 Å². The first kappa shape index (κ1) is 15.4. The molecule has 0 spiro atoms. The minimum absolute atomic E-state index is 0.284. The van der Waals surface area contributed by atoms with Gasteiger partial charge >= 0.3 is 0 Å². The van der Waals surface area contributed by atoms with Crippen LogP contribution in [0.15, 0.2) is 18.2 Å². The number of hydrogen-bond acceptors (Lipinski definition) is 2. The molecule has 0 aliphatic heterocycles. The van der Waals surface area contributed by atoms with Crippen molar-refractivity contribution in [2.75, 3.05) is 6.54 Å². The van der Waals surface area contributed by atoms with Crippen LogP contribution in [0.25, 0.3) is 0 Å². The minimum atomic E-state index is 0.284. The number of rotatable bonds is 4. The normalized spacial score (nSPS) is 30.2. The summed E-state index contributed by atoms with van der Waals surface area (Å²) >= 11 is 0. The lowest BCUT2D eigenvalue weighted by atomic mass is 9.78. The van der Waals surface area contributed by atoms with Gasteiger partial charge in [-0.3, -0.25) is 0 Å². The van der Waals surface area contributed by atoms with E-state index in [-0.39, 0.29) is 6.10 Å². The van der Waals surface area contributed by atoms with E-state index < -0.39 is 0 Å². The van der Waals surface area contributed by atoms with Gasteiger partial charge in [-0.05, 0) is 62.3 Å². The molecule has 1 aromatic rings. The van der Waals surface area contributed by atoms with E-state index in [0.29, 0.717) is 12.0 Å². The molecular formula is C18H29NO. The third kappa shape index (κ3) is 3.54. The van der Waals surface area contributed by atoms with Gasteiger partial charge in [0.05, 0.1) is 0 Å². The Morgan fingerprint density at radius 3 is 2.65 bits per heavy atom.